The van der Waals surface area contributed by atoms with Crippen LogP contribution in [0.4, 0.5) is 0 Å². The largest absolute Gasteiger partial charge is 0.455 e. The fourth-order valence-corrected chi connectivity index (χ4v) is 2.15. The highest BCUT2D eigenvalue weighted by Gasteiger charge is 2.21. The van der Waals surface area contributed by atoms with Gasteiger partial charge in [-0.3, -0.25) is 4.98 Å². The monoisotopic (exact) mass is 288 g/mol. The molecule has 1 aliphatic rings. The van der Waals surface area contributed by atoms with E-state index in [1.165, 1.54) is 12.8 Å². The summed E-state index contributed by atoms with van der Waals surface area (Å²) in [4.78, 5) is 4.35. The van der Waals surface area contributed by atoms with E-state index in [1.807, 2.05) is 43.5 Å². The first-order chi connectivity index (χ1) is 9.72. The molecular formula is C16H17ClN2O. The molecule has 0 amide bonds. The van der Waals surface area contributed by atoms with E-state index in [1.54, 1.807) is 0 Å². The Hall–Kier alpha value is -1.58. The van der Waals surface area contributed by atoms with Gasteiger partial charge in [-0.1, -0.05) is 23.7 Å². The second-order valence-corrected chi connectivity index (χ2v) is 5.53. The smallest absolute Gasteiger partial charge is 0.146 e. The Kier molecular flexibility index (Phi) is 3.90. The molecule has 1 aliphatic carbocycles. The fourth-order valence-electron chi connectivity index (χ4n) is 1.98. The Morgan fingerprint density at radius 1 is 1.30 bits per heavy atom. The third-order valence-electron chi connectivity index (χ3n) is 3.30. The van der Waals surface area contributed by atoms with Crippen molar-refractivity contribution in [2.75, 3.05) is 0 Å². The Balaban J connectivity index is 1.82. The lowest BCUT2D eigenvalue weighted by Gasteiger charge is -2.13. The van der Waals surface area contributed by atoms with E-state index in [2.05, 4.69) is 10.3 Å². The van der Waals surface area contributed by atoms with Gasteiger partial charge >= 0.3 is 0 Å². The van der Waals surface area contributed by atoms with Crippen LogP contribution in [0.5, 0.6) is 11.5 Å². The number of nitrogens with zero attached hydrogens (tertiary/aromatic N) is 1. The van der Waals surface area contributed by atoms with Crippen LogP contribution in [0.15, 0.2) is 36.5 Å². The molecule has 0 saturated heterocycles. The van der Waals surface area contributed by atoms with Gasteiger partial charge in [0.1, 0.15) is 11.5 Å². The lowest BCUT2D eigenvalue weighted by molar-refractivity contribution is 0.471. The summed E-state index contributed by atoms with van der Waals surface area (Å²) in [6.07, 6.45) is 4.40. The average molecular weight is 289 g/mol. The third-order valence-corrected chi connectivity index (χ3v) is 3.61. The maximum Gasteiger partial charge on any atom is 0.146 e. The van der Waals surface area contributed by atoms with E-state index >= 15 is 0 Å². The molecule has 1 aromatic heterocycles. The Morgan fingerprint density at radius 2 is 2.10 bits per heavy atom. The Morgan fingerprint density at radius 3 is 2.85 bits per heavy atom. The van der Waals surface area contributed by atoms with E-state index < -0.39 is 0 Å². The van der Waals surface area contributed by atoms with Crippen LogP contribution < -0.4 is 10.1 Å². The first-order valence-electron chi connectivity index (χ1n) is 6.83. The van der Waals surface area contributed by atoms with Crippen molar-refractivity contribution in [3.05, 3.63) is 52.8 Å². The number of halogens is 1. The van der Waals surface area contributed by atoms with E-state index in [0.717, 1.165) is 23.6 Å². The van der Waals surface area contributed by atoms with Gasteiger partial charge < -0.3 is 10.1 Å². The van der Waals surface area contributed by atoms with Crippen molar-refractivity contribution in [1.82, 2.24) is 10.3 Å². The van der Waals surface area contributed by atoms with Gasteiger partial charge in [-0.05, 0) is 31.9 Å². The lowest BCUT2D eigenvalue weighted by Crippen LogP contribution is -2.16. The second kappa shape index (κ2) is 5.81. The average Bonchev–Trinajstić information content (AvgIpc) is 3.25. The van der Waals surface area contributed by atoms with Crippen LogP contribution in [0.2, 0.25) is 5.02 Å². The molecule has 2 aromatic rings. The standard InChI is InChI=1S/C16H17ClN2O/c1-11-8-16(20-15-5-3-2-4-14(15)17)12(9-18-11)10-19-13-6-7-13/h2-5,8-9,13,19H,6-7,10H2,1H3. The topological polar surface area (TPSA) is 34.1 Å². The second-order valence-electron chi connectivity index (χ2n) is 5.12. The number of pyridine rings is 1. The van der Waals surface area contributed by atoms with E-state index in [4.69, 9.17) is 16.3 Å². The number of rotatable bonds is 5. The number of aryl methyl sites for hydroxylation is 1. The minimum Gasteiger partial charge on any atom is -0.455 e. The quantitative estimate of drug-likeness (QED) is 0.900. The fraction of sp³-hybridized carbons (Fsp3) is 0.312. The summed E-state index contributed by atoms with van der Waals surface area (Å²) < 4.78 is 5.96. The van der Waals surface area contributed by atoms with E-state index in [9.17, 15) is 0 Å². The van der Waals surface area contributed by atoms with Crippen molar-refractivity contribution < 1.29 is 4.74 Å². The van der Waals surface area contributed by atoms with Crippen LogP contribution >= 0.6 is 11.6 Å². The van der Waals surface area contributed by atoms with Crippen molar-refractivity contribution in [1.29, 1.82) is 0 Å². The van der Waals surface area contributed by atoms with Gasteiger partial charge in [0.2, 0.25) is 0 Å². The predicted molar refractivity (Wildman–Crippen MR) is 80.4 cm³/mol. The van der Waals surface area contributed by atoms with Gasteiger partial charge in [0.15, 0.2) is 0 Å². The van der Waals surface area contributed by atoms with Gasteiger partial charge in [0.25, 0.3) is 0 Å². The molecule has 4 heteroatoms. The van der Waals surface area contributed by atoms with Crippen molar-refractivity contribution in [3.8, 4) is 11.5 Å². The summed E-state index contributed by atoms with van der Waals surface area (Å²) in [7, 11) is 0. The van der Waals surface area contributed by atoms with Crippen LogP contribution in [0, 0.1) is 6.92 Å². The minimum absolute atomic E-state index is 0.614. The molecule has 0 atom stereocenters. The van der Waals surface area contributed by atoms with Crippen molar-refractivity contribution in [2.45, 2.75) is 32.4 Å². The normalized spacial score (nSPS) is 14.3. The van der Waals surface area contributed by atoms with Gasteiger partial charge in [-0.15, -0.1) is 0 Å². The predicted octanol–water partition coefficient (Wildman–Crippen LogP) is 4.09. The highest BCUT2D eigenvalue weighted by atomic mass is 35.5. The highest BCUT2D eigenvalue weighted by Crippen LogP contribution is 2.31. The summed E-state index contributed by atoms with van der Waals surface area (Å²) >= 11 is 6.15. The first kappa shape index (κ1) is 13.4. The molecular weight excluding hydrogens is 272 g/mol. The number of para-hydroxylation sites is 1. The van der Waals surface area contributed by atoms with Gasteiger partial charge in [0.05, 0.1) is 5.02 Å². The molecule has 3 nitrogen and oxygen atoms in total. The molecule has 0 radical (unpaired) electrons. The van der Waals surface area contributed by atoms with Crippen molar-refractivity contribution in [2.24, 2.45) is 0 Å². The van der Waals surface area contributed by atoms with Crippen LogP contribution in [0.25, 0.3) is 0 Å². The van der Waals surface area contributed by atoms with Crippen LogP contribution in [-0.4, -0.2) is 11.0 Å². The van der Waals surface area contributed by atoms with Crippen molar-refractivity contribution in [3.63, 3.8) is 0 Å². The molecule has 3 rings (SSSR count). The van der Waals surface area contributed by atoms with Gasteiger partial charge in [0, 0.05) is 36.1 Å². The van der Waals surface area contributed by atoms with E-state index in [-0.39, 0.29) is 0 Å². The van der Waals surface area contributed by atoms with Gasteiger partial charge in [-0.25, -0.2) is 0 Å². The summed E-state index contributed by atoms with van der Waals surface area (Å²) in [6, 6.07) is 10.1. The first-order valence-corrected chi connectivity index (χ1v) is 7.21. The summed E-state index contributed by atoms with van der Waals surface area (Å²) in [6.45, 7) is 2.73. The number of benzene rings is 1. The molecule has 1 saturated carbocycles. The van der Waals surface area contributed by atoms with Crippen molar-refractivity contribution >= 4 is 11.6 Å². The van der Waals surface area contributed by atoms with Crippen LogP contribution in [0.1, 0.15) is 24.1 Å². The summed E-state index contributed by atoms with van der Waals surface area (Å²) in [5.74, 6) is 1.49. The highest BCUT2D eigenvalue weighted by molar-refractivity contribution is 6.32. The summed E-state index contributed by atoms with van der Waals surface area (Å²) in [5, 5.41) is 4.09. The molecule has 0 aliphatic heterocycles. The van der Waals surface area contributed by atoms with Gasteiger partial charge in [-0.2, -0.15) is 0 Å². The Bertz CT molecular complexity index is 611. The molecule has 1 fully saturated rings. The minimum atomic E-state index is 0.614. The molecule has 104 valence electrons. The SMILES string of the molecule is Cc1cc(Oc2ccccc2Cl)c(CNC2CC2)cn1. The zero-order valence-corrected chi connectivity index (χ0v) is 12.2. The molecule has 0 unspecified atom stereocenters. The van der Waals surface area contributed by atoms with Crippen LogP contribution in [0.3, 0.4) is 0 Å². The zero-order valence-electron chi connectivity index (χ0n) is 11.4. The molecule has 1 heterocycles. The number of hydrogen-bond acceptors (Lipinski definition) is 3. The molecule has 0 spiro atoms. The number of nitrogens with one attached hydrogen (secondary N) is 1. The molecule has 1 N–H and O–H groups in total. The lowest BCUT2D eigenvalue weighted by atomic mass is 10.2. The number of hydrogen-bond donors (Lipinski definition) is 1. The number of aromatic nitrogens is 1. The molecule has 20 heavy (non-hydrogen) atoms. The zero-order chi connectivity index (χ0) is 13.9. The Labute approximate surface area is 123 Å². The maximum absolute atomic E-state index is 6.15. The van der Waals surface area contributed by atoms with E-state index in [0.29, 0.717) is 16.8 Å². The van der Waals surface area contributed by atoms with Crippen LogP contribution in [-0.2, 0) is 6.54 Å². The molecule has 0 bridgehead atoms. The number of ether oxygens (including phenoxy) is 1. The third kappa shape index (κ3) is 3.30. The molecule has 1 aromatic carbocycles. The maximum atomic E-state index is 6.15. The summed E-state index contributed by atoms with van der Waals surface area (Å²) in [5.41, 5.74) is 1.99.